The van der Waals surface area contributed by atoms with Crippen LogP contribution in [0.2, 0.25) is 0 Å². The minimum atomic E-state index is -3.52. The molecule has 2 rings (SSSR count). The fraction of sp³-hybridized carbons (Fsp3) is 0.667. The van der Waals surface area contributed by atoms with E-state index in [0.717, 1.165) is 32.2 Å². The molecule has 0 aromatic carbocycles. The number of hydrogen-bond donors (Lipinski definition) is 2. The number of nitrogens with two attached hydrogens (primary N) is 1. The summed E-state index contributed by atoms with van der Waals surface area (Å²) in [7, 11) is -0.472. The van der Waals surface area contributed by atoms with Crippen LogP contribution in [0.5, 0.6) is 0 Å². The molecular formula is C15H25N3O4S. The zero-order valence-electron chi connectivity index (χ0n) is 13.8. The van der Waals surface area contributed by atoms with Crippen LogP contribution in [0.15, 0.2) is 22.8 Å². The molecule has 0 aromatic rings. The first-order chi connectivity index (χ1) is 10.7. The van der Waals surface area contributed by atoms with Crippen LogP contribution in [-0.2, 0) is 19.4 Å². The van der Waals surface area contributed by atoms with E-state index in [4.69, 9.17) is 10.5 Å². The molecule has 1 amide bonds. The van der Waals surface area contributed by atoms with Gasteiger partial charge in [0.2, 0.25) is 5.91 Å². The number of nitrogens with one attached hydrogen (secondary N) is 1. The molecule has 1 aliphatic heterocycles. The standard InChI is InChI=1S/C15H25N3O4S/c1-17-14(19)11-8-13(23(3,20)21)12(16)9-15(11,22-2)10-18-6-4-5-7-18/h8-9,11H,4-7,10,16H2,1-3H3,(H,17,19). The Hall–Kier alpha value is -1.38. The van der Waals surface area contributed by atoms with Gasteiger partial charge in [0, 0.05) is 32.7 Å². The maximum absolute atomic E-state index is 12.4. The molecule has 0 aromatic heterocycles. The summed E-state index contributed by atoms with van der Waals surface area (Å²) < 4.78 is 29.6. The molecule has 8 heteroatoms. The van der Waals surface area contributed by atoms with Gasteiger partial charge in [0.25, 0.3) is 0 Å². The van der Waals surface area contributed by atoms with Gasteiger partial charge in [0.15, 0.2) is 9.84 Å². The van der Waals surface area contributed by atoms with Gasteiger partial charge in [-0.2, -0.15) is 0 Å². The zero-order valence-corrected chi connectivity index (χ0v) is 14.6. The lowest BCUT2D eigenvalue weighted by atomic mass is 9.81. The van der Waals surface area contributed by atoms with Crippen molar-refractivity contribution in [1.29, 1.82) is 0 Å². The van der Waals surface area contributed by atoms with E-state index in [1.165, 1.54) is 20.2 Å². The number of methoxy groups -OCH3 is 1. The molecule has 2 unspecified atom stereocenters. The van der Waals surface area contributed by atoms with Crippen molar-refractivity contribution in [3.05, 3.63) is 22.8 Å². The highest BCUT2D eigenvalue weighted by molar-refractivity contribution is 7.94. The Bertz CT molecular complexity index is 635. The number of sulfone groups is 1. The number of carbonyl (C=O) groups excluding carboxylic acids is 1. The Balaban J connectivity index is 2.46. The van der Waals surface area contributed by atoms with Crippen LogP contribution in [0.25, 0.3) is 0 Å². The molecule has 0 spiro atoms. The average Bonchev–Trinajstić information content (AvgIpc) is 2.97. The van der Waals surface area contributed by atoms with Crippen LogP contribution in [0.4, 0.5) is 0 Å². The molecule has 3 N–H and O–H groups in total. The van der Waals surface area contributed by atoms with E-state index in [1.807, 2.05) is 0 Å². The molecular weight excluding hydrogens is 318 g/mol. The van der Waals surface area contributed by atoms with Gasteiger partial charge in [0.1, 0.15) is 5.60 Å². The lowest BCUT2D eigenvalue weighted by Crippen LogP contribution is -2.54. The number of amides is 1. The van der Waals surface area contributed by atoms with Crippen molar-refractivity contribution in [3.63, 3.8) is 0 Å². The second kappa shape index (κ2) is 6.62. The van der Waals surface area contributed by atoms with Crippen molar-refractivity contribution in [2.45, 2.75) is 18.4 Å². The van der Waals surface area contributed by atoms with Crippen molar-refractivity contribution in [3.8, 4) is 0 Å². The molecule has 2 atom stereocenters. The van der Waals surface area contributed by atoms with Crippen molar-refractivity contribution >= 4 is 15.7 Å². The molecule has 0 radical (unpaired) electrons. The number of hydrogen-bond acceptors (Lipinski definition) is 6. The van der Waals surface area contributed by atoms with E-state index < -0.39 is 21.4 Å². The number of ether oxygens (including phenoxy) is 1. The first-order valence-electron chi connectivity index (χ1n) is 7.63. The number of carbonyl (C=O) groups is 1. The topological polar surface area (TPSA) is 102 Å². The fourth-order valence-electron chi connectivity index (χ4n) is 3.29. The molecule has 130 valence electrons. The highest BCUT2D eigenvalue weighted by Gasteiger charge is 2.46. The van der Waals surface area contributed by atoms with E-state index in [2.05, 4.69) is 10.2 Å². The average molecular weight is 343 g/mol. The third kappa shape index (κ3) is 3.59. The Morgan fingerprint density at radius 2 is 2.09 bits per heavy atom. The summed E-state index contributed by atoms with van der Waals surface area (Å²) >= 11 is 0. The molecule has 23 heavy (non-hydrogen) atoms. The quantitative estimate of drug-likeness (QED) is 0.705. The van der Waals surface area contributed by atoms with Crippen LogP contribution in [0, 0.1) is 5.92 Å². The number of rotatable bonds is 5. The van der Waals surface area contributed by atoms with Crippen molar-refractivity contribution < 1.29 is 17.9 Å². The second-order valence-electron chi connectivity index (χ2n) is 6.14. The Morgan fingerprint density at radius 1 is 1.48 bits per heavy atom. The van der Waals surface area contributed by atoms with Gasteiger partial charge in [-0.25, -0.2) is 8.42 Å². The van der Waals surface area contributed by atoms with Crippen LogP contribution in [0.3, 0.4) is 0 Å². The van der Waals surface area contributed by atoms with Crippen molar-refractivity contribution in [2.24, 2.45) is 11.7 Å². The summed E-state index contributed by atoms with van der Waals surface area (Å²) in [4.78, 5) is 14.6. The normalized spacial score (nSPS) is 29.1. The highest BCUT2D eigenvalue weighted by Crippen LogP contribution is 2.35. The summed E-state index contributed by atoms with van der Waals surface area (Å²) in [5.41, 5.74) is 5.14. The summed E-state index contributed by atoms with van der Waals surface area (Å²) in [5.74, 6) is -1.05. The first-order valence-corrected chi connectivity index (χ1v) is 9.52. The second-order valence-corrected chi connectivity index (χ2v) is 8.12. The summed E-state index contributed by atoms with van der Waals surface area (Å²) in [6.07, 6.45) is 6.30. The van der Waals surface area contributed by atoms with Crippen LogP contribution in [0.1, 0.15) is 12.8 Å². The minimum Gasteiger partial charge on any atom is -0.398 e. The molecule has 1 fully saturated rings. The lowest BCUT2D eigenvalue weighted by molar-refractivity contribution is -0.131. The fourth-order valence-corrected chi connectivity index (χ4v) is 4.16. The van der Waals surface area contributed by atoms with Crippen molar-refractivity contribution in [1.82, 2.24) is 10.2 Å². The maximum Gasteiger partial charge on any atom is 0.230 e. The van der Waals surface area contributed by atoms with E-state index in [0.29, 0.717) is 6.54 Å². The monoisotopic (exact) mass is 343 g/mol. The molecule has 0 bridgehead atoms. The largest absolute Gasteiger partial charge is 0.398 e. The van der Waals surface area contributed by atoms with Crippen LogP contribution in [-0.4, -0.2) is 64.9 Å². The number of likely N-dealkylation sites (tertiary alicyclic amines) is 1. The van der Waals surface area contributed by atoms with Gasteiger partial charge < -0.3 is 20.7 Å². The third-order valence-electron chi connectivity index (χ3n) is 4.51. The smallest absolute Gasteiger partial charge is 0.230 e. The Morgan fingerprint density at radius 3 is 2.57 bits per heavy atom. The molecule has 1 aliphatic carbocycles. The lowest BCUT2D eigenvalue weighted by Gasteiger charge is -2.40. The maximum atomic E-state index is 12.4. The highest BCUT2D eigenvalue weighted by atomic mass is 32.2. The SMILES string of the molecule is CNC(=O)C1C=C(S(C)(=O)=O)C(N)=CC1(CN1CCCC1)OC. The minimum absolute atomic E-state index is 0.0137. The summed E-state index contributed by atoms with van der Waals surface area (Å²) in [5, 5.41) is 2.59. The van der Waals surface area contributed by atoms with E-state index in [1.54, 1.807) is 6.08 Å². The summed E-state index contributed by atoms with van der Waals surface area (Å²) in [6, 6.07) is 0. The summed E-state index contributed by atoms with van der Waals surface area (Å²) in [6.45, 7) is 2.36. The van der Waals surface area contributed by atoms with E-state index >= 15 is 0 Å². The van der Waals surface area contributed by atoms with Gasteiger partial charge in [-0.15, -0.1) is 0 Å². The Labute approximate surface area is 137 Å². The number of nitrogens with zero attached hydrogens (tertiary/aromatic N) is 1. The van der Waals surface area contributed by atoms with Gasteiger partial charge in [-0.1, -0.05) is 0 Å². The van der Waals surface area contributed by atoms with Gasteiger partial charge in [0.05, 0.1) is 10.8 Å². The molecule has 7 nitrogen and oxygen atoms in total. The van der Waals surface area contributed by atoms with Crippen molar-refractivity contribution in [2.75, 3.05) is 40.0 Å². The molecule has 0 saturated carbocycles. The molecule has 1 saturated heterocycles. The molecule has 1 heterocycles. The van der Waals surface area contributed by atoms with Gasteiger partial charge >= 0.3 is 0 Å². The zero-order chi connectivity index (χ0) is 17.3. The predicted molar refractivity (Wildman–Crippen MR) is 88.2 cm³/mol. The predicted octanol–water partition coefficient (Wildman–Crippen LogP) is -0.386. The van der Waals surface area contributed by atoms with Gasteiger partial charge in [-0.3, -0.25) is 4.79 Å². The molecule has 2 aliphatic rings. The van der Waals surface area contributed by atoms with E-state index in [-0.39, 0.29) is 16.5 Å². The first kappa shape index (κ1) is 18.0. The Kier molecular flexibility index (Phi) is 5.17. The van der Waals surface area contributed by atoms with Crippen LogP contribution >= 0.6 is 0 Å². The van der Waals surface area contributed by atoms with Crippen LogP contribution < -0.4 is 11.1 Å². The van der Waals surface area contributed by atoms with E-state index in [9.17, 15) is 13.2 Å². The third-order valence-corrected chi connectivity index (χ3v) is 5.68. The van der Waals surface area contributed by atoms with Gasteiger partial charge in [-0.05, 0) is 38.1 Å².